The van der Waals surface area contributed by atoms with Crippen molar-refractivity contribution in [1.82, 2.24) is 5.32 Å². The van der Waals surface area contributed by atoms with Crippen LogP contribution >= 0.6 is 0 Å². The Labute approximate surface area is 120 Å². The van der Waals surface area contributed by atoms with Crippen molar-refractivity contribution < 1.29 is 9.18 Å². The molecule has 1 amide bonds. The van der Waals surface area contributed by atoms with Crippen LogP contribution in [0.15, 0.2) is 24.3 Å². The van der Waals surface area contributed by atoms with Crippen LogP contribution in [0.5, 0.6) is 0 Å². The van der Waals surface area contributed by atoms with E-state index >= 15 is 0 Å². The van der Waals surface area contributed by atoms with Gasteiger partial charge in [0, 0.05) is 6.04 Å². The lowest BCUT2D eigenvalue weighted by Crippen LogP contribution is -2.39. The van der Waals surface area contributed by atoms with E-state index in [1.54, 1.807) is 18.2 Å². The summed E-state index contributed by atoms with van der Waals surface area (Å²) in [6.07, 6.45) is 6.39. The molecule has 2 rings (SSSR count). The molecule has 0 aromatic heterocycles. The number of benzene rings is 1. The van der Waals surface area contributed by atoms with Crippen LogP contribution in [0.25, 0.3) is 0 Å². The molecule has 0 saturated heterocycles. The van der Waals surface area contributed by atoms with Gasteiger partial charge in [0.2, 0.25) is 5.91 Å². The molecule has 1 aromatic carbocycles. The predicted octanol–water partition coefficient (Wildman–Crippen LogP) is 3.32. The van der Waals surface area contributed by atoms with Crippen LogP contribution < -0.4 is 10.6 Å². The number of halogens is 1. The Morgan fingerprint density at radius 2 is 2.00 bits per heavy atom. The van der Waals surface area contributed by atoms with Crippen molar-refractivity contribution >= 4 is 11.6 Å². The van der Waals surface area contributed by atoms with Gasteiger partial charge in [-0.15, -0.1) is 0 Å². The summed E-state index contributed by atoms with van der Waals surface area (Å²) in [5.74, 6) is 0.0592. The van der Waals surface area contributed by atoms with Crippen LogP contribution in [0.4, 0.5) is 10.1 Å². The standard InChI is InChI=1S/C16H23FN2O/c1-12(13-7-3-2-4-8-13)18-11-16(20)19-15-10-6-5-9-14(15)17/h5-6,9-10,12-13,18H,2-4,7-8,11H2,1H3,(H,19,20)/t12-/m1/s1. The highest BCUT2D eigenvalue weighted by atomic mass is 19.1. The Bertz CT molecular complexity index is 444. The summed E-state index contributed by atoms with van der Waals surface area (Å²) in [4.78, 5) is 11.8. The maximum absolute atomic E-state index is 13.4. The number of anilines is 1. The first-order valence-electron chi connectivity index (χ1n) is 7.44. The Balaban J connectivity index is 1.76. The van der Waals surface area contributed by atoms with Crippen LogP contribution in [0.3, 0.4) is 0 Å². The highest BCUT2D eigenvalue weighted by Gasteiger charge is 2.20. The molecule has 1 fully saturated rings. The van der Waals surface area contributed by atoms with E-state index in [2.05, 4.69) is 17.6 Å². The molecule has 0 spiro atoms. The summed E-state index contributed by atoms with van der Waals surface area (Å²) in [7, 11) is 0. The normalized spacial score (nSPS) is 17.7. The molecule has 1 saturated carbocycles. The summed E-state index contributed by atoms with van der Waals surface area (Å²) in [6, 6.07) is 6.55. The van der Waals surface area contributed by atoms with E-state index in [1.165, 1.54) is 38.2 Å². The summed E-state index contributed by atoms with van der Waals surface area (Å²) in [5.41, 5.74) is 0.240. The number of carbonyl (C=O) groups is 1. The zero-order valence-corrected chi connectivity index (χ0v) is 12.0. The zero-order chi connectivity index (χ0) is 14.4. The van der Waals surface area contributed by atoms with Crippen molar-refractivity contribution in [2.24, 2.45) is 5.92 Å². The van der Waals surface area contributed by atoms with E-state index in [0.717, 1.165) is 0 Å². The fourth-order valence-electron chi connectivity index (χ4n) is 2.81. The van der Waals surface area contributed by atoms with Crippen molar-refractivity contribution in [2.75, 3.05) is 11.9 Å². The van der Waals surface area contributed by atoms with Crippen LogP contribution in [0, 0.1) is 11.7 Å². The third kappa shape index (κ3) is 4.30. The van der Waals surface area contributed by atoms with Gasteiger partial charge in [0.25, 0.3) is 0 Å². The number of rotatable bonds is 5. The average molecular weight is 278 g/mol. The largest absolute Gasteiger partial charge is 0.322 e. The maximum Gasteiger partial charge on any atom is 0.238 e. The summed E-state index contributed by atoms with van der Waals surface area (Å²) in [5, 5.41) is 5.85. The zero-order valence-electron chi connectivity index (χ0n) is 12.0. The Hall–Kier alpha value is -1.42. The van der Waals surface area contributed by atoms with E-state index in [1.807, 2.05) is 0 Å². The number of nitrogens with one attached hydrogen (secondary N) is 2. The second-order valence-corrected chi connectivity index (χ2v) is 5.60. The molecule has 3 nitrogen and oxygen atoms in total. The van der Waals surface area contributed by atoms with Gasteiger partial charge in [-0.2, -0.15) is 0 Å². The number of hydrogen-bond donors (Lipinski definition) is 2. The molecule has 1 aliphatic carbocycles. The molecule has 2 N–H and O–H groups in total. The lowest BCUT2D eigenvalue weighted by molar-refractivity contribution is -0.115. The van der Waals surface area contributed by atoms with Crippen LogP contribution in [-0.4, -0.2) is 18.5 Å². The van der Waals surface area contributed by atoms with E-state index in [0.29, 0.717) is 12.0 Å². The van der Waals surface area contributed by atoms with Gasteiger partial charge in [0.05, 0.1) is 12.2 Å². The lowest BCUT2D eigenvalue weighted by atomic mass is 9.84. The minimum absolute atomic E-state index is 0.197. The Kier molecular flexibility index (Phi) is 5.53. The van der Waals surface area contributed by atoms with Gasteiger partial charge < -0.3 is 10.6 Å². The Morgan fingerprint density at radius 1 is 1.30 bits per heavy atom. The van der Waals surface area contributed by atoms with Crippen molar-refractivity contribution in [2.45, 2.75) is 45.1 Å². The highest BCUT2D eigenvalue weighted by Crippen LogP contribution is 2.26. The van der Waals surface area contributed by atoms with E-state index < -0.39 is 5.82 Å². The molecule has 0 aliphatic heterocycles. The topological polar surface area (TPSA) is 41.1 Å². The number of para-hydroxylation sites is 1. The maximum atomic E-state index is 13.4. The van der Waals surface area contributed by atoms with Crippen molar-refractivity contribution in [1.29, 1.82) is 0 Å². The van der Waals surface area contributed by atoms with Gasteiger partial charge in [-0.3, -0.25) is 4.79 Å². The molecular weight excluding hydrogens is 255 g/mol. The molecule has 1 aromatic rings. The second kappa shape index (κ2) is 7.39. The van der Waals surface area contributed by atoms with Gasteiger partial charge >= 0.3 is 0 Å². The Morgan fingerprint density at radius 3 is 2.70 bits per heavy atom. The number of hydrogen-bond acceptors (Lipinski definition) is 2. The molecule has 0 heterocycles. The van der Waals surface area contributed by atoms with Gasteiger partial charge in [-0.25, -0.2) is 4.39 Å². The van der Waals surface area contributed by atoms with Crippen molar-refractivity contribution in [3.05, 3.63) is 30.1 Å². The summed E-state index contributed by atoms with van der Waals surface area (Å²) in [6.45, 7) is 2.36. The average Bonchev–Trinajstić information content (AvgIpc) is 2.48. The van der Waals surface area contributed by atoms with Gasteiger partial charge in [-0.1, -0.05) is 31.4 Å². The fraction of sp³-hybridized carbons (Fsp3) is 0.562. The molecule has 0 radical (unpaired) electrons. The van der Waals surface area contributed by atoms with Crippen molar-refractivity contribution in [3.8, 4) is 0 Å². The van der Waals surface area contributed by atoms with Gasteiger partial charge in [0.15, 0.2) is 0 Å². The number of carbonyl (C=O) groups excluding carboxylic acids is 1. The molecule has 0 unspecified atom stereocenters. The molecule has 1 aliphatic rings. The van der Waals surface area contributed by atoms with E-state index in [-0.39, 0.29) is 18.1 Å². The predicted molar refractivity (Wildman–Crippen MR) is 79.1 cm³/mol. The quantitative estimate of drug-likeness (QED) is 0.867. The van der Waals surface area contributed by atoms with Crippen LogP contribution in [0.1, 0.15) is 39.0 Å². The highest BCUT2D eigenvalue weighted by molar-refractivity contribution is 5.92. The van der Waals surface area contributed by atoms with Crippen LogP contribution in [0.2, 0.25) is 0 Å². The van der Waals surface area contributed by atoms with Gasteiger partial charge in [-0.05, 0) is 37.8 Å². The smallest absolute Gasteiger partial charge is 0.238 e. The lowest BCUT2D eigenvalue weighted by Gasteiger charge is -2.28. The third-order valence-corrected chi connectivity index (χ3v) is 4.09. The molecule has 110 valence electrons. The molecule has 1 atom stereocenters. The van der Waals surface area contributed by atoms with Crippen LogP contribution in [-0.2, 0) is 4.79 Å². The van der Waals surface area contributed by atoms with E-state index in [9.17, 15) is 9.18 Å². The van der Waals surface area contributed by atoms with Crippen molar-refractivity contribution in [3.63, 3.8) is 0 Å². The first kappa shape index (κ1) is 15.0. The van der Waals surface area contributed by atoms with E-state index in [4.69, 9.17) is 0 Å². The summed E-state index contributed by atoms with van der Waals surface area (Å²) >= 11 is 0. The number of amides is 1. The molecule has 0 bridgehead atoms. The minimum atomic E-state index is -0.402. The first-order chi connectivity index (χ1) is 9.66. The fourth-order valence-corrected chi connectivity index (χ4v) is 2.81. The third-order valence-electron chi connectivity index (χ3n) is 4.09. The molecule has 20 heavy (non-hydrogen) atoms. The first-order valence-corrected chi connectivity index (χ1v) is 7.44. The minimum Gasteiger partial charge on any atom is -0.322 e. The molecule has 4 heteroatoms. The molecular formula is C16H23FN2O. The van der Waals surface area contributed by atoms with Gasteiger partial charge in [0.1, 0.15) is 5.82 Å². The SMILES string of the molecule is C[C@@H](NCC(=O)Nc1ccccc1F)C1CCCCC1. The monoisotopic (exact) mass is 278 g/mol. The summed E-state index contributed by atoms with van der Waals surface area (Å²) < 4.78 is 13.4. The second-order valence-electron chi connectivity index (χ2n) is 5.60.